The van der Waals surface area contributed by atoms with Crippen LogP contribution in [-0.2, 0) is 5.41 Å². The number of furan rings is 2. The van der Waals surface area contributed by atoms with Crippen molar-refractivity contribution in [2.45, 2.75) is 19.3 Å². The molecule has 1 aliphatic rings. The molecule has 0 aliphatic heterocycles. The summed E-state index contributed by atoms with van der Waals surface area (Å²) < 4.78 is 13.4. The van der Waals surface area contributed by atoms with Crippen LogP contribution in [0.1, 0.15) is 25.0 Å². The molecule has 0 amide bonds. The number of nitrogens with zero attached hydrogens (tertiary/aromatic N) is 1. The predicted molar refractivity (Wildman–Crippen MR) is 242 cm³/mol. The molecule has 0 saturated carbocycles. The molecule has 12 rings (SSSR count). The maximum atomic E-state index is 6.96. The van der Waals surface area contributed by atoms with Crippen LogP contribution in [0.5, 0.6) is 0 Å². The van der Waals surface area contributed by atoms with E-state index >= 15 is 0 Å². The van der Waals surface area contributed by atoms with Crippen molar-refractivity contribution in [3.8, 4) is 33.4 Å². The van der Waals surface area contributed by atoms with Gasteiger partial charge in [0.05, 0.1) is 0 Å². The van der Waals surface area contributed by atoms with E-state index in [-0.39, 0.29) is 5.41 Å². The summed E-state index contributed by atoms with van der Waals surface area (Å²) >= 11 is 0. The third kappa shape index (κ3) is 4.80. The fraction of sp³-hybridized carbons (Fsp3) is 0.0545. The van der Waals surface area contributed by atoms with Gasteiger partial charge in [0.25, 0.3) is 0 Å². The van der Waals surface area contributed by atoms with Crippen molar-refractivity contribution in [1.29, 1.82) is 0 Å². The van der Waals surface area contributed by atoms with Crippen LogP contribution in [-0.4, -0.2) is 0 Å². The summed E-state index contributed by atoms with van der Waals surface area (Å²) in [7, 11) is 0. The Hall–Kier alpha value is -7.36. The van der Waals surface area contributed by atoms with Crippen molar-refractivity contribution in [2.24, 2.45) is 0 Å². The third-order valence-electron chi connectivity index (χ3n) is 12.5. The second-order valence-electron chi connectivity index (χ2n) is 16.1. The highest BCUT2D eigenvalue weighted by molar-refractivity contribution is 6.18. The van der Waals surface area contributed by atoms with Crippen LogP contribution in [0.25, 0.3) is 88.0 Å². The number of rotatable bonds is 5. The lowest BCUT2D eigenvalue weighted by molar-refractivity contribution is 0.660. The number of para-hydroxylation sites is 2. The van der Waals surface area contributed by atoms with Crippen molar-refractivity contribution < 1.29 is 8.83 Å². The maximum absolute atomic E-state index is 6.96. The van der Waals surface area contributed by atoms with E-state index in [1.165, 1.54) is 33.0 Å². The van der Waals surface area contributed by atoms with Crippen LogP contribution < -0.4 is 4.90 Å². The molecule has 2 heterocycles. The molecular formula is C55H37NO2. The van der Waals surface area contributed by atoms with Crippen molar-refractivity contribution in [3.63, 3.8) is 0 Å². The van der Waals surface area contributed by atoms with Gasteiger partial charge in [-0.25, -0.2) is 0 Å². The van der Waals surface area contributed by atoms with Crippen LogP contribution >= 0.6 is 0 Å². The molecule has 11 aromatic rings. The first-order chi connectivity index (χ1) is 28.5. The van der Waals surface area contributed by atoms with Crippen LogP contribution in [0.2, 0.25) is 0 Å². The standard InChI is InChI=1S/C55H37NO2/c1-55(2)48-21-10-8-17-42(48)43-29-27-38(32-49(43)55)56(37-25-23-34(24-26-37)41-19-12-20-46-44-18-9-11-22-50(44)57-53(41)46)39-28-30-45-47-31-36-15-6-7-16-40(36)52(35-13-4-3-5-14-35)54(47)58-51(45)33-39/h3-33H,1-2H3. The fourth-order valence-electron chi connectivity index (χ4n) is 9.64. The van der Waals surface area contributed by atoms with E-state index < -0.39 is 0 Å². The molecule has 2 aromatic heterocycles. The van der Waals surface area contributed by atoms with Gasteiger partial charge in [-0.1, -0.05) is 147 Å². The zero-order chi connectivity index (χ0) is 38.5. The van der Waals surface area contributed by atoms with Gasteiger partial charge >= 0.3 is 0 Å². The SMILES string of the molecule is CC1(C)c2ccccc2-c2ccc(N(c3ccc(-c4cccc5c4oc4ccccc45)cc3)c3ccc4c(c3)oc3c(-c5ccccc5)c5ccccc5cc34)cc21. The second-order valence-corrected chi connectivity index (χ2v) is 16.1. The molecule has 0 bridgehead atoms. The first-order valence-corrected chi connectivity index (χ1v) is 20.0. The fourth-order valence-corrected chi connectivity index (χ4v) is 9.64. The first kappa shape index (κ1) is 32.8. The molecule has 1 aliphatic carbocycles. The van der Waals surface area contributed by atoms with Crippen molar-refractivity contribution in [2.75, 3.05) is 4.90 Å². The first-order valence-electron chi connectivity index (χ1n) is 20.0. The molecule has 0 N–H and O–H groups in total. The molecule has 0 unspecified atom stereocenters. The summed E-state index contributed by atoms with van der Waals surface area (Å²) in [4.78, 5) is 2.37. The normalized spacial score (nSPS) is 13.1. The van der Waals surface area contributed by atoms with E-state index in [2.05, 4.69) is 195 Å². The molecule has 0 saturated heterocycles. The highest BCUT2D eigenvalue weighted by Gasteiger charge is 2.36. The van der Waals surface area contributed by atoms with Crippen LogP contribution in [0, 0.1) is 0 Å². The molecule has 3 heteroatoms. The molecule has 0 spiro atoms. The summed E-state index contributed by atoms with van der Waals surface area (Å²) in [6.07, 6.45) is 0. The minimum atomic E-state index is -0.138. The third-order valence-corrected chi connectivity index (χ3v) is 12.5. The summed E-state index contributed by atoms with van der Waals surface area (Å²) in [5.74, 6) is 0. The molecule has 274 valence electrons. The average Bonchev–Trinajstić information content (AvgIpc) is 3.90. The Morgan fingerprint density at radius 1 is 0.379 bits per heavy atom. The smallest absolute Gasteiger partial charge is 0.143 e. The van der Waals surface area contributed by atoms with E-state index in [1.54, 1.807) is 0 Å². The molecule has 9 aromatic carbocycles. The van der Waals surface area contributed by atoms with Gasteiger partial charge < -0.3 is 13.7 Å². The predicted octanol–water partition coefficient (Wildman–Crippen LogP) is 15.7. The Kier molecular flexibility index (Phi) is 6.98. The molecule has 0 atom stereocenters. The number of fused-ring (bicyclic) bond motifs is 10. The van der Waals surface area contributed by atoms with Crippen LogP contribution in [0.15, 0.2) is 197 Å². The topological polar surface area (TPSA) is 29.5 Å². The Balaban J connectivity index is 1.04. The highest BCUT2D eigenvalue weighted by atomic mass is 16.3. The number of hydrogen-bond acceptors (Lipinski definition) is 3. The monoisotopic (exact) mass is 743 g/mol. The van der Waals surface area contributed by atoms with Gasteiger partial charge in [-0.15, -0.1) is 0 Å². The maximum Gasteiger partial charge on any atom is 0.143 e. The van der Waals surface area contributed by atoms with Gasteiger partial charge in [0, 0.05) is 61.2 Å². The van der Waals surface area contributed by atoms with Gasteiger partial charge in [0.2, 0.25) is 0 Å². The summed E-state index contributed by atoms with van der Waals surface area (Å²) in [5, 5.41) is 6.86. The van der Waals surface area contributed by atoms with Gasteiger partial charge in [-0.2, -0.15) is 0 Å². The van der Waals surface area contributed by atoms with Crippen LogP contribution in [0.4, 0.5) is 17.1 Å². The van der Waals surface area contributed by atoms with Crippen molar-refractivity contribution in [1.82, 2.24) is 0 Å². The van der Waals surface area contributed by atoms with E-state index in [0.29, 0.717) is 0 Å². The largest absolute Gasteiger partial charge is 0.455 e. The van der Waals surface area contributed by atoms with E-state index in [9.17, 15) is 0 Å². The Bertz CT molecular complexity index is 3420. The summed E-state index contributed by atoms with van der Waals surface area (Å²) in [6.45, 7) is 4.68. The molecule has 0 fully saturated rings. The van der Waals surface area contributed by atoms with E-state index in [4.69, 9.17) is 8.83 Å². The summed E-state index contributed by atoms with van der Waals surface area (Å²) in [6, 6.07) is 67.6. The number of benzene rings is 9. The van der Waals surface area contributed by atoms with E-state index in [1.807, 2.05) is 12.1 Å². The second kappa shape index (κ2) is 12.3. The number of anilines is 3. The van der Waals surface area contributed by atoms with Crippen molar-refractivity contribution >= 4 is 71.7 Å². The Morgan fingerprint density at radius 3 is 1.90 bits per heavy atom. The molecule has 58 heavy (non-hydrogen) atoms. The molecule has 0 radical (unpaired) electrons. The minimum absolute atomic E-state index is 0.138. The number of hydrogen-bond donors (Lipinski definition) is 0. The average molecular weight is 744 g/mol. The van der Waals surface area contributed by atoms with Gasteiger partial charge in [0.15, 0.2) is 0 Å². The highest BCUT2D eigenvalue weighted by Crippen LogP contribution is 2.51. The lowest BCUT2D eigenvalue weighted by Crippen LogP contribution is -2.16. The zero-order valence-corrected chi connectivity index (χ0v) is 32.2. The lowest BCUT2D eigenvalue weighted by Gasteiger charge is -2.28. The molecule has 3 nitrogen and oxygen atoms in total. The van der Waals surface area contributed by atoms with Gasteiger partial charge in [0.1, 0.15) is 22.3 Å². The van der Waals surface area contributed by atoms with Gasteiger partial charge in [-0.3, -0.25) is 0 Å². The zero-order valence-electron chi connectivity index (χ0n) is 32.2. The van der Waals surface area contributed by atoms with Crippen molar-refractivity contribution in [3.05, 3.63) is 199 Å². The Morgan fingerprint density at radius 2 is 1.02 bits per heavy atom. The molecular weight excluding hydrogens is 707 g/mol. The van der Waals surface area contributed by atoms with Crippen LogP contribution in [0.3, 0.4) is 0 Å². The minimum Gasteiger partial charge on any atom is -0.455 e. The Labute approximate surface area is 336 Å². The quantitative estimate of drug-likeness (QED) is 0.176. The van der Waals surface area contributed by atoms with Gasteiger partial charge in [-0.05, 0) is 92.7 Å². The van der Waals surface area contributed by atoms with E-state index in [0.717, 1.165) is 83.2 Å². The lowest BCUT2D eigenvalue weighted by atomic mass is 9.82. The summed E-state index contributed by atoms with van der Waals surface area (Å²) in [5.41, 5.74) is 16.4.